The number of nitrogens with one attached hydrogen (secondary N) is 2. The molecular weight excluding hydrogens is 406 g/mol. The van der Waals surface area contributed by atoms with Gasteiger partial charge in [0.1, 0.15) is 11.5 Å². The Morgan fingerprint density at radius 3 is 2.31 bits per heavy atom. The molecule has 0 saturated heterocycles. The average molecular weight is 436 g/mol. The number of aromatic nitrogens is 2. The molecular formula is C24H29N5O3. The van der Waals surface area contributed by atoms with Gasteiger partial charge in [-0.3, -0.25) is 19.1 Å². The van der Waals surface area contributed by atoms with Crippen LogP contribution in [0, 0.1) is 5.92 Å². The highest BCUT2D eigenvalue weighted by molar-refractivity contribution is 5.94. The number of rotatable bonds is 9. The standard InChI is InChI=1S/C24H29N5O3/c1-17(2)13-14-28(16-20(30)26-19-11-7-4-8-12-19)21-22(25)29(24(32)27-23(21)31)15-18-9-5-3-6-10-18/h3-12,17H,13-16,25H2,1-2H3,(H,26,30)(H,27,31,32). The summed E-state index contributed by atoms with van der Waals surface area (Å²) in [6.45, 7) is 4.71. The first-order chi connectivity index (χ1) is 15.3. The Hall–Kier alpha value is -3.81. The van der Waals surface area contributed by atoms with Crippen molar-refractivity contribution in [3.8, 4) is 0 Å². The minimum Gasteiger partial charge on any atom is -0.383 e. The fourth-order valence-corrected chi connectivity index (χ4v) is 3.39. The molecule has 0 spiro atoms. The third-order valence-electron chi connectivity index (χ3n) is 5.08. The molecule has 0 fully saturated rings. The van der Waals surface area contributed by atoms with E-state index in [1.165, 1.54) is 4.57 Å². The van der Waals surface area contributed by atoms with Gasteiger partial charge in [0.2, 0.25) is 5.91 Å². The van der Waals surface area contributed by atoms with Crippen molar-refractivity contribution in [1.29, 1.82) is 0 Å². The van der Waals surface area contributed by atoms with Gasteiger partial charge in [0, 0.05) is 12.2 Å². The highest BCUT2D eigenvalue weighted by atomic mass is 16.2. The van der Waals surface area contributed by atoms with Gasteiger partial charge < -0.3 is 16.0 Å². The summed E-state index contributed by atoms with van der Waals surface area (Å²) >= 11 is 0. The highest BCUT2D eigenvalue weighted by Gasteiger charge is 2.21. The topological polar surface area (TPSA) is 113 Å². The van der Waals surface area contributed by atoms with Crippen molar-refractivity contribution < 1.29 is 4.79 Å². The summed E-state index contributed by atoms with van der Waals surface area (Å²) in [6, 6.07) is 18.5. The number of nitrogens with zero attached hydrogens (tertiary/aromatic N) is 2. The van der Waals surface area contributed by atoms with Gasteiger partial charge in [-0.2, -0.15) is 0 Å². The number of para-hydroxylation sites is 1. The number of aromatic amines is 1. The molecule has 0 aliphatic rings. The zero-order chi connectivity index (χ0) is 23.1. The SMILES string of the molecule is CC(C)CCN(CC(=O)Nc1ccccc1)c1c(N)n(Cc2ccccc2)c(=O)[nH]c1=O. The molecule has 8 nitrogen and oxygen atoms in total. The van der Waals surface area contributed by atoms with Crippen molar-refractivity contribution in [3.63, 3.8) is 0 Å². The van der Waals surface area contributed by atoms with E-state index in [4.69, 9.17) is 5.73 Å². The van der Waals surface area contributed by atoms with Crippen LogP contribution in [0.25, 0.3) is 0 Å². The van der Waals surface area contributed by atoms with E-state index in [2.05, 4.69) is 24.1 Å². The molecule has 0 aliphatic heterocycles. The Labute approximate surface area is 186 Å². The predicted octanol–water partition coefficient (Wildman–Crippen LogP) is 2.66. The first kappa shape index (κ1) is 22.9. The molecule has 1 aromatic heterocycles. The van der Waals surface area contributed by atoms with Crippen LogP contribution in [-0.2, 0) is 11.3 Å². The second-order valence-electron chi connectivity index (χ2n) is 8.08. The fourth-order valence-electron chi connectivity index (χ4n) is 3.39. The van der Waals surface area contributed by atoms with Crippen LogP contribution in [0.1, 0.15) is 25.8 Å². The Morgan fingerprint density at radius 1 is 1.06 bits per heavy atom. The maximum absolute atomic E-state index is 12.8. The normalized spacial score (nSPS) is 10.8. The lowest BCUT2D eigenvalue weighted by molar-refractivity contribution is -0.115. The van der Waals surface area contributed by atoms with Crippen LogP contribution >= 0.6 is 0 Å². The number of carbonyl (C=O) groups is 1. The van der Waals surface area contributed by atoms with E-state index < -0.39 is 11.2 Å². The maximum atomic E-state index is 12.8. The molecule has 3 aromatic rings. The zero-order valence-corrected chi connectivity index (χ0v) is 18.4. The van der Waals surface area contributed by atoms with E-state index in [-0.39, 0.29) is 30.5 Å². The number of amides is 1. The molecule has 8 heteroatoms. The highest BCUT2D eigenvalue weighted by Crippen LogP contribution is 2.19. The van der Waals surface area contributed by atoms with Crippen LogP contribution in [0.5, 0.6) is 0 Å². The number of benzene rings is 2. The van der Waals surface area contributed by atoms with Crippen LogP contribution in [0.3, 0.4) is 0 Å². The monoisotopic (exact) mass is 435 g/mol. The molecule has 0 radical (unpaired) electrons. The minimum atomic E-state index is -0.604. The van der Waals surface area contributed by atoms with E-state index in [1.54, 1.807) is 17.0 Å². The lowest BCUT2D eigenvalue weighted by Crippen LogP contribution is -2.42. The Balaban J connectivity index is 1.94. The molecule has 32 heavy (non-hydrogen) atoms. The quantitative estimate of drug-likeness (QED) is 0.478. The van der Waals surface area contributed by atoms with Crippen molar-refractivity contribution in [1.82, 2.24) is 9.55 Å². The molecule has 1 amide bonds. The van der Waals surface area contributed by atoms with E-state index in [0.717, 1.165) is 12.0 Å². The maximum Gasteiger partial charge on any atom is 0.330 e. The Bertz CT molecular complexity index is 1150. The van der Waals surface area contributed by atoms with Gasteiger partial charge in [0.05, 0.1) is 13.1 Å². The molecule has 0 atom stereocenters. The zero-order valence-electron chi connectivity index (χ0n) is 18.4. The molecule has 4 N–H and O–H groups in total. The summed E-state index contributed by atoms with van der Waals surface area (Å²) in [5.74, 6) is 0.114. The lowest BCUT2D eigenvalue weighted by Gasteiger charge is -2.26. The van der Waals surface area contributed by atoms with Gasteiger partial charge in [0.25, 0.3) is 5.56 Å². The van der Waals surface area contributed by atoms with Gasteiger partial charge in [-0.25, -0.2) is 4.79 Å². The molecule has 0 unspecified atom stereocenters. The number of hydrogen-bond donors (Lipinski definition) is 3. The number of anilines is 3. The van der Waals surface area contributed by atoms with E-state index in [9.17, 15) is 14.4 Å². The van der Waals surface area contributed by atoms with Gasteiger partial charge in [-0.1, -0.05) is 62.4 Å². The van der Waals surface area contributed by atoms with Gasteiger partial charge >= 0.3 is 5.69 Å². The third kappa shape index (κ3) is 5.87. The Morgan fingerprint density at radius 2 is 1.69 bits per heavy atom. The third-order valence-corrected chi connectivity index (χ3v) is 5.08. The van der Waals surface area contributed by atoms with Crippen molar-refractivity contribution in [3.05, 3.63) is 87.1 Å². The number of hydrogen-bond acceptors (Lipinski definition) is 5. The predicted molar refractivity (Wildman–Crippen MR) is 128 cm³/mol. The van der Waals surface area contributed by atoms with E-state index >= 15 is 0 Å². The van der Waals surface area contributed by atoms with Crippen molar-refractivity contribution in [2.75, 3.05) is 29.0 Å². The van der Waals surface area contributed by atoms with Crippen LogP contribution in [0.2, 0.25) is 0 Å². The van der Waals surface area contributed by atoms with Gasteiger partial charge in [-0.15, -0.1) is 0 Å². The molecule has 3 rings (SSSR count). The van der Waals surface area contributed by atoms with Crippen molar-refractivity contribution >= 4 is 23.1 Å². The summed E-state index contributed by atoms with van der Waals surface area (Å²) in [5.41, 5.74) is 6.81. The summed E-state index contributed by atoms with van der Waals surface area (Å²) in [4.78, 5) is 42.0. The van der Waals surface area contributed by atoms with E-state index in [0.29, 0.717) is 18.2 Å². The summed E-state index contributed by atoms with van der Waals surface area (Å²) in [7, 11) is 0. The second kappa shape index (κ2) is 10.5. The van der Waals surface area contributed by atoms with Crippen LogP contribution < -0.4 is 27.2 Å². The van der Waals surface area contributed by atoms with Crippen molar-refractivity contribution in [2.24, 2.45) is 5.92 Å². The number of carbonyl (C=O) groups excluding carboxylic acids is 1. The summed E-state index contributed by atoms with van der Waals surface area (Å²) in [5, 5.41) is 2.83. The largest absolute Gasteiger partial charge is 0.383 e. The molecule has 0 saturated carbocycles. The smallest absolute Gasteiger partial charge is 0.330 e. The molecule has 0 bridgehead atoms. The second-order valence-corrected chi connectivity index (χ2v) is 8.08. The van der Waals surface area contributed by atoms with Gasteiger partial charge in [0.15, 0.2) is 0 Å². The summed E-state index contributed by atoms with van der Waals surface area (Å²) < 4.78 is 1.32. The molecule has 2 aromatic carbocycles. The van der Waals surface area contributed by atoms with Crippen molar-refractivity contribution in [2.45, 2.75) is 26.8 Å². The van der Waals surface area contributed by atoms with E-state index in [1.807, 2.05) is 48.5 Å². The van der Waals surface area contributed by atoms with Crippen LogP contribution in [-0.4, -0.2) is 28.5 Å². The number of nitrogens with two attached hydrogens (primary N) is 1. The first-order valence-electron chi connectivity index (χ1n) is 10.6. The number of nitrogen functional groups attached to an aromatic ring is 1. The lowest BCUT2D eigenvalue weighted by atomic mass is 10.1. The van der Waals surface area contributed by atoms with Gasteiger partial charge in [-0.05, 0) is 30.0 Å². The van der Waals surface area contributed by atoms with Crippen LogP contribution in [0.4, 0.5) is 17.2 Å². The minimum absolute atomic E-state index is 0.0406. The fraction of sp³-hybridized carbons (Fsp3) is 0.292. The molecule has 1 heterocycles. The Kier molecular flexibility index (Phi) is 7.49. The summed E-state index contributed by atoms with van der Waals surface area (Å²) in [6.07, 6.45) is 0.745. The first-order valence-corrected chi connectivity index (χ1v) is 10.6. The average Bonchev–Trinajstić information content (AvgIpc) is 2.76. The molecule has 0 aliphatic carbocycles. The van der Waals surface area contributed by atoms with Crippen LogP contribution in [0.15, 0.2) is 70.3 Å². The number of H-pyrrole nitrogens is 1. The molecule has 168 valence electrons.